The summed E-state index contributed by atoms with van der Waals surface area (Å²) in [7, 11) is 0. The Kier molecular flexibility index (Phi) is 4.53. The molecule has 1 heterocycles. The standard InChI is InChI=1S/C15H21F2N3O2/c1-15(2,3)20(14(21)22)12-6-4-10(5-7-12)11-8-18-19(9-11)13(16)17/h4,8-9,12-13H,5-7H2,1-3H3,(H,21,22). The predicted molar refractivity (Wildman–Crippen MR) is 78.7 cm³/mol. The van der Waals surface area contributed by atoms with Gasteiger partial charge in [0.1, 0.15) is 0 Å². The highest BCUT2D eigenvalue weighted by molar-refractivity contribution is 5.68. The molecule has 0 bridgehead atoms. The Hall–Kier alpha value is -1.92. The zero-order valence-electron chi connectivity index (χ0n) is 13.0. The first kappa shape index (κ1) is 16.5. The van der Waals surface area contributed by atoms with E-state index in [1.165, 1.54) is 17.3 Å². The van der Waals surface area contributed by atoms with E-state index in [2.05, 4.69) is 5.10 Å². The minimum absolute atomic E-state index is 0.0913. The second-order valence-corrected chi connectivity index (χ2v) is 6.47. The highest BCUT2D eigenvalue weighted by Gasteiger charge is 2.34. The Bertz CT molecular complexity index is 576. The number of rotatable bonds is 3. The second-order valence-electron chi connectivity index (χ2n) is 6.47. The molecule has 22 heavy (non-hydrogen) atoms. The van der Waals surface area contributed by atoms with Gasteiger partial charge in [-0.25, -0.2) is 9.48 Å². The van der Waals surface area contributed by atoms with Gasteiger partial charge in [-0.3, -0.25) is 0 Å². The minimum atomic E-state index is -2.64. The van der Waals surface area contributed by atoms with Gasteiger partial charge in [0.05, 0.1) is 6.20 Å². The molecule has 1 aliphatic rings. The molecule has 1 amide bonds. The SMILES string of the molecule is CC(C)(C)N(C(=O)O)C1CC=C(c2cnn(C(F)F)c2)CC1. The summed E-state index contributed by atoms with van der Waals surface area (Å²) in [5.41, 5.74) is 1.15. The van der Waals surface area contributed by atoms with E-state index in [1.54, 1.807) is 0 Å². The fraction of sp³-hybridized carbons (Fsp3) is 0.600. The third kappa shape index (κ3) is 3.45. The summed E-state index contributed by atoms with van der Waals surface area (Å²) in [5, 5.41) is 13.1. The quantitative estimate of drug-likeness (QED) is 0.918. The maximum absolute atomic E-state index is 12.5. The van der Waals surface area contributed by atoms with Crippen molar-refractivity contribution in [1.82, 2.24) is 14.7 Å². The molecule has 1 aromatic rings. The van der Waals surface area contributed by atoms with Crippen LogP contribution in [0.25, 0.3) is 5.57 Å². The van der Waals surface area contributed by atoms with Crippen LogP contribution < -0.4 is 0 Å². The van der Waals surface area contributed by atoms with E-state index in [4.69, 9.17) is 0 Å². The molecule has 1 unspecified atom stereocenters. The van der Waals surface area contributed by atoms with Crippen LogP contribution in [0.1, 0.15) is 52.1 Å². The molecule has 0 fully saturated rings. The third-order valence-electron chi connectivity index (χ3n) is 3.85. The number of aromatic nitrogens is 2. The van der Waals surface area contributed by atoms with Crippen LogP contribution in [0.5, 0.6) is 0 Å². The molecule has 0 spiro atoms. The van der Waals surface area contributed by atoms with Gasteiger partial charge in [-0.05, 0) is 45.6 Å². The highest BCUT2D eigenvalue weighted by atomic mass is 19.3. The van der Waals surface area contributed by atoms with Crippen molar-refractivity contribution in [2.24, 2.45) is 0 Å². The van der Waals surface area contributed by atoms with Crippen LogP contribution in [0.4, 0.5) is 13.6 Å². The average molecular weight is 313 g/mol. The Morgan fingerprint density at radius 2 is 2.18 bits per heavy atom. The lowest BCUT2D eigenvalue weighted by atomic mass is 9.89. The number of nitrogens with zero attached hydrogens (tertiary/aromatic N) is 3. The minimum Gasteiger partial charge on any atom is -0.465 e. The van der Waals surface area contributed by atoms with E-state index in [1.807, 2.05) is 26.8 Å². The van der Waals surface area contributed by atoms with Crippen molar-refractivity contribution in [3.05, 3.63) is 24.0 Å². The molecule has 0 saturated carbocycles. The molecule has 1 aromatic heterocycles. The zero-order chi connectivity index (χ0) is 16.5. The Morgan fingerprint density at radius 1 is 1.50 bits per heavy atom. The summed E-state index contributed by atoms with van der Waals surface area (Å²) in [4.78, 5) is 13.0. The van der Waals surface area contributed by atoms with Crippen molar-refractivity contribution < 1.29 is 18.7 Å². The van der Waals surface area contributed by atoms with Gasteiger partial charge in [-0.1, -0.05) is 6.08 Å². The monoisotopic (exact) mass is 313 g/mol. The molecule has 0 saturated heterocycles. The summed E-state index contributed by atoms with van der Waals surface area (Å²) in [5.74, 6) is 0. The molecule has 0 aromatic carbocycles. The normalized spacial score (nSPS) is 19.2. The number of carbonyl (C=O) groups is 1. The van der Waals surface area contributed by atoms with Crippen LogP contribution in [-0.4, -0.2) is 37.5 Å². The number of allylic oxidation sites excluding steroid dienone is 1. The van der Waals surface area contributed by atoms with Gasteiger partial charge in [-0.2, -0.15) is 13.9 Å². The summed E-state index contributed by atoms with van der Waals surface area (Å²) in [6.07, 6.45) is 5.67. The fourth-order valence-corrected chi connectivity index (χ4v) is 2.92. The fourth-order valence-electron chi connectivity index (χ4n) is 2.92. The van der Waals surface area contributed by atoms with E-state index < -0.39 is 18.2 Å². The molecule has 5 nitrogen and oxygen atoms in total. The van der Waals surface area contributed by atoms with Crippen LogP contribution in [0.3, 0.4) is 0 Å². The largest absolute Gasteiger partial charge is 0.465 e. The van der Waals surface area contributed by atoms with Gasteiger partial charge in [0.15, 0.2) is 0 Å². The summed E-state index contributed by atoms with van der Waals surface area (Å²) >= 11 is 0. The number of carboxylic acid groups (broad SMARTS) is 1. The molecule has 2 rings (SSSR count). The van der Waals surface area contributed by atoms with E-state index >= 15 is 0 Å². The first-order valence-electron chi connectivity index (χ1n) is 7.24. The van der Waals surface area contributed by atoms with Gasteiger partial charge in [-0.15, -0.1) is 0 Å². The van der Waals surface area contributed by atoms with Crippen LogP contribution in [0, 0.1) is 0 Å². The van der Waals surface area contributed by atoms with Gasteiger partial charge in [0, 0.05) is 23.3 Å². The van der Waals surface area contributed by atoms with E-state index in [0.29, 0.717) is 29.5 Å². The van der Waals surface area contributed by atoms with Crippen molar-refractivity contribution in [3.8, 4) is 0 Å². The molecule has 1 N–H and O–H groups in total. The van der Waals surface area contributed by atoms with E-state index in [-0.39, 0.29) is 6.04 Å². The van der Waals surface area contributed by atoms with Gasteiger partial charge in [0.25, 0.3) is 0 Å². The Morgan fingerprint density at radius 3 is 2.59 bits per heavy atom. The van der Waals surface area contributed by atoms with Crippen LogP contribution >= 0.6 is 0 Å². The van der Waals surface area contributed by atoms with Crippen molar-refractivity contribution in [3.63, 3.8) is 0 Å². The smallest absolute Gasteiger partial charge is 0.407 e. The van der Waals surface area contributed by atoms with Crippen molar-refractivity contribution in [1.29, 1.82) is 0 Å². The van der Waals surface area contributed by atoms with Crippen molar-refractivity contribution in [2.75, 3.05) is 0 Å². The first-order chi connectivity index (χ1) is 10.2. The van der Waals surface area contributed by atoms with Crippen molar-refractivity contribution >= 4 is 11.7 Å². The van der Waals surface area contributed by atoms with Gasteiger partial charge < -0.3 is 10.0 Å². The van der Waals surface area contributed by atoms with Crippen LogP contribution in [0.15, 0.2) is 18.5 Å². The van der Waals surface area contributed by atoms with Gasteiger partial charge in [0.2, 0.25) is 0 Å². The van der Waals surface area contributed by atoms with Gasteiger partial charge >= 0.3 is 12.6 Å². The molecule has 0 aliphatic heterocycles. The summed E-state index contributed by atoms with van der Waals surface area (Å²) in [6.45, 7) is 2.96. The molecular weight excluding hydrogens is 292 g/mol. The highest BCUT2D eigenvalue weighted by Crippen LogP contribution is 2.32. The summed E-state index contributed by atoms with van der Waals surface area (Å²) in [6, 6.07) is -0.0913. The first-order valence-corrected chi connectivity index (χ1v) is 7.24. The van der Waals surface area contributed by atoms with Crippen LogP contribution in [0.2, 0.25) is 0 Å². The van der Waals surface area contributed by atoms with E-state index in [9.17, 15) is 18.7 Å². The Balaban J connectivity index is 2.12. The van der Waals surface area contributed by atoms with Crippen LogP contribution in [-0.2, 0) is 0 Å². The zero-order valence-corrected chi connectivity index (χ0v) is 13.0. The summed E-state index contributed by atoms with van der Waals surface area (Å²) < 4.78 is 25.7. The topological polar surface area (TPSA) is 58.4 Å². The number of hydrogen-bond acceptors (Lipinski definition) is 2. The second kappa shape index (κ2) is 6.06. The number of alkyl halides is 2. The molecule has 1 atom stereocenters. The molecule has 122 valence electrons. The third-order valence-corrected chi connectivity index (χ3v) is 3.85. The maximum atomic E-state index is 12.5. The average Bonchev–Trinajstić information content (AvgIpc) is 2.87. The number of amides is 1. The molecular formula is C15H21F2N3O2. The lowest BCUT2D eigenvalue weighted by molar-refractivity contribution is 0.0565. The molecule has 7 heteroatoms. The lowest BCUT2D eigenvalue weighted by Gasteiger charge is -2.40. The lowest BCUT2D eigenvalue weighted by Crippen LogP contribution is -2.51. The Labute approximate surface area is 128 Å². The number of hydrogen-bond donors (Lipinski definition) is 1. The number of halogens is 2. The molecule has 0 radical (unpaired) electrons. The maximum Gasteiger partial charge on any atom is 0.407 e. The van der Waals surface area contributed by atoms with E-state index in [0.717, 1.165) is 5.57 Å². The predicted octanol–water partition coefficient (Wildman–Crippen LogP) is 3.99. The van der Waals surface area contributed by atoms with Crippen molar-refractivity contribution in [2.45, 2.75) is 58.2 Å². The molecule has 1 aliphatic carbocycles.